The molecule has 0 aliphatic heterocycles. The highest BCUT2D eigenvalue weighted by atomic mass is 35.5. The molecule has 21 heavy (non-hydrogen) atoms. The van der Waals surface area contributed by atoms with Gasteiger partial charge in [-0.05, 0) is 41.6 Å². The highest BCUT2D eigenvalue weighted by Crippen LogP contribution is 2.25. The van der Waals surface area contributed by atoms with E-state index in [0.29, 0.717) is 5.25 Å². The zero-order chi connectivity index (χ0) is 15.2. The van der Waals surface area contributed by atoms with Gasteiger partial charge in [0.15, 0.2) is 0 Å². The Morgan fingerprint density at radius 2 is 1.57 bits per heavy atom. The Balaban J connectivity index is 2.25. The van der Waals surface area contributed by atoms with Crippen molar-refractivity contribution in [1.82, 2.24) is 5.32 Å². The van der Waals surface area contributed by atoms with E-state index in [2.05, 4.69) is 18.5 Å². The molecule has 0 aliphatic rings. The van der Waals surface area contributed by atoms with Gasteiger partial charge in [-0.15, -0.1) is 0 Å². The second-order valence-corrected chi connectivity index (χ2v) is 6.74. The van der Waals surface area contributed by atoms with E-state index in [1.165, 1.54) is 5.56 Å². The summed E-state index contributed by atoms with van der Waals surface area (Å²) in [5.41, 5.74) is 2.29. The van der Waals surface area contributed by atoms with Gasteiger partial charge < -0.3 is 10.4 Å². The van der Waals surface area contributed by atoms with E-state index in [0.717, 1.165) is 17.1 Å². The number of phenolic OH excluding ortho intramolecular Hbond substituents is 1. The van der Waals surface area contributed by atoms with Gasteiger partial charge in [0.1, 0.15) is 5.75 Å². The molecule has 2 atom stereocenters. The predicted molar refractivity (Wildman–Crippen MR) is 92.4 cm³/mol. The molecule has 0 saturated carbocycles. The van der Waals surface area contributed by atoms with E-state index in [1.807, 2.05) is 48.2 Å². The highest BCUT2D eigenvalue weighted by Gasteiger charge is 2.14. The molecule has 2 N–H and O–H groups in total. The van der Waals surface area contributed by atoms with Crippen LogP contribution in [0, 0.1) is 0 Å². The largest absolute Gasteiger partial charge is 0.508 e. The lowest BCUT2D eigenvalue weighted by atomic mass is 9.98. The molecule has 0 aliphatic carbocycles. The van der Waals surface area contributed by atoms with Crippen LogP contribution in [-0.2, 0) is 0 Å². The number of aromatic hydroxyl groups is 1. The van der Waals surface area contributed by atoms with Crippen molar-refractivity contribution in [2.24, 2.45) is 0 Å². The van der Waals surface area contributed by atoms with Crippen molar-refractivity contribution in [3.8, 4) is 5.75 Å². The molecule has 0 radical (unpaired) electrons. The monoisotopic (exact) mass is 321 g/mol. The van der Waals surface area contributed by atoms with Crippen molar-refractivity contribution in [1.29, 1.82) is 0 Å². The van der Waals surface area contributed by atoms with Gasteiger partial charge in [0.2, 0.25) is 0 Å². The molecule has 0 fully saturated rings. The van der Waals surface area contributed by atoms with Crippen molar-refractivity contribution in [3.05, 3.63) is 64.7 Å². The lowest BCUT2D eigenvalue weighted by molar-refractivity contribution is 0.474. The molecule has 2 unspecified atom stereocenters. The Labute approximate surface area is 135 Å². The van der Waals surface area contributed by atoms with Gasteiger partial charge in [0.05, 0.1) is 6.04 Å². The van der Waals surface area contributed by atoms with E-state index < -0.39 is 0 Å². The second-order valence-electron chi connectivity index (χ2n) is 5.03. The predicted octanol–water partition coefficient (Wildman–Crippen LogP) is 4.48. The summed E-state index contributed by atoms with van der Waals surface area (Å²) in [6, 6.07) is 15.3. The number of rotatable bonds is 6. The summed E-state index contributed by atoms with van der Waals surface area (Å²) in [6.45, 7) is 3.11. The van der Waals surface area contributed by atoms with E-state index >= 15 is 0 Å². The van der Waals surface area contributed by atoms with E-state index in [9.17, 15) is 5.11 Å². The van der Waals surface area contributed by atoms with Crippen LogP contribution in [0.3, 0.4) is 0 Å². The number of thioether (sulfide) groups is 1. The average Bonchev–Trinajstić information content (AvgIpc) is 2.50. The van der Waals surface area contributed by atoms with Crippen molar-refractivity contribution in [3.63, 3.8) is 0 Å². The summed E-state index contributed by atoms with van der Waals surface area (Å²) in [7, 11) is 0. The van der Waals surface area contributed by atoms with Crippen LogP contribution in [0.25, 0.3) is 0 Å². The maximum absolute atomic E-state index is 9.46. The van der Waals surface area contributed by atoms with Crippen LogP contribution in [0.5, 0.6) is 5.75 Å². The Bertz CT molecular complexity index is 511. The summed E-state index contributed by atoms with van der Waals surface area (Å²) < 4.78 is 0. The quantitative estimate of drug-likeness (QED) is 0.823. The van der Waals surface area contributed by atoms with Gasteiger partial charge in [-0.1, -0.05) is 42.8 Å². The fourth-order valence-corrected chi connectivity index (χ4v) is 2.51. The Hall–Kier alpha value is -1.16. The first-order valence-electron chi connectivity index (χ1n) is 6.90. The van der Waals surface area contributed by atoms with Crippen LogP contribution in [0.4, 0.5) is 0 Å². The standard InChI is InChI=1S/C17H20ClNOS/c1-12(21-2)11-19-17(13-3-7-15(18)8-4-13)14-5-9-16(20)10-6-14/h3-10,12,17,19-20H,11H2,1-2H3. The number of benzene rings is 2. The maximum Gasteiger partial charge on any atom is 0.115 e. The average molecular weight is 322 g/mol. The summed E-state index contributed by atoms with van der Waals surface area (Å²) in [6.07, 6.45) is 2.12. The van der Waals surface area contributed by atoms with Crippen LogP contribution in [0.1, 0.15) is 24.1 Å². The van der Waals surface area contributed by atoms with Crippen LogP contribution in [0.2, 0.25) is 5.02 Å². The molecular weight excluding hydrogens is 302 g/mol. The summed E-state index contributed by atoms with van der Waals surface area (Å²) in [4.78, 5) is 0. The van der Waals surface area contributed by atoms with Gasteiger partial charge in [-0.2, -0.15) is 11.8 Å². The van der Waals surface area contributed by atoms with Gasteiger partial charge in [-0.25, -0.2) is 0 Å². The van der Waals surface area contributed by atoms with Crippen molar-refractivity contribution < 1.29 is 5.11 Å². The number of halogens is 1. The topological polar surface area (TPSA) is 32.3 Å². The van der Waals surface area contributed by atoms with Crippen molar-refractivity contribution in [2.45, 2.75) is 18.2 Å². The third-order valence-electron chi connectivity index (χ3n) is 3.44. The fourth-order valence-electron chi connectivity index (χ4n) is 2.12. The third kappa shape index (κ3) is 4.67. The molecule has 112 valence electrons. The van der Waals surface area contributed by atoms with Gasteiger partial charge >= 0.3 is 0 Å². The molecular formula is C17H20ClNOS. The molecule has 0 saturated heterocycles. The van der Waals surface area contributed by atoms with E-state index in [4.69, 9.17) is 11.6 Å². The minimum Gasteiger partial charge on any atom is -0.508 e. The minimum atomic E-state index is 0.0949. The van der Waals surface area contributed by atoms with Crippen molar-refractivity contribution in [2.75, 3.05) is 12.8 Å². The van der Waals surface area contributed by atoms with Gasteiger partial charge in [0.25, 0.3) is 0 Å². The van der Waals surface area contributed by atoms with E-state index in [1.54, 1.807) is 12.1 Å². The second kappa shape index (κ2) is 7.74. The first-order chi connectivity index (χ1) is 10.1. The van der Waals surface area contributed by atoms with Crippen LogP contribution >= 0.6 is 23.4 Å². The lowest BCUT2D eigenvalue weighted by Gasteiger charge is -2.22. The minimum absolute atomic E-state index is 0.0949. The summed E-state index contributed by atoms with van der Waals surface area (Å²) in [5, 5.41) is 14.3. The molecule has 0 bridgehead atoms. The normalized spacial score (nSPS) is 13.9. The molecule has 2 nitrogen and oxygen atoms in total. The Morgan fingerprint density at radius 3 is 2.10 bits per heavy atom. The third-order valence-corrected chi connectivity index (χ3v) is 4.66. The molecule has 2 aromatic carbocycles. The highest BCUT2D eigenvalue weighted by molar-refractivity contribution is 7.99. The Morgan fingerprint density at radius 1 is 1.05 bits per heavy atom. The van der Waals surface area contributed by atoms with Crippen LogP contribution in [0.15, 0.2) is 48.5 Å². The molecule has 0 amide bonds. The lowest BCUT2D eigenvalue weighted by Crippen LogP contribution is -2.28. The van der Waals surface area contributed by atoms with E-state index in [-0.39, 0.29) is 11.8 Å². The summed E-state index contributed by atoms with van der Waals surface area (Å²) >= 11 is 7.81. The first kappa shape index (κ1) is 16.2. The van der Waals surface area contributed by atoms with Crippen molar-refractivity contribution >= 4 is 23.4 Å². The number of nitrogens with one attached hydrogen (secondary N) is 1. The number of hydrogen-bond donors (Lipinski definition) is 2. The number of hydrogen-bond acceptors (Lipinski definition) is 3. The van der Waals surface area contributed by atoms with Crippen LogP contribution in [-0.4, -0.2) is 23.2 Å². The van der Waals surface area contributed by atoms with Gasteiger partial charge in [0, 0.05) is 16.8 Å². The molecule has 0 aromatic heterocycles. The van der Waals surface area contributed by atoms with Crippen LogP contribution < -0.4 is 5.32 Å². The molecule has 4 heteroatoms. The smallest absolute Gasteiger partial charge is 0.115 e. The Kier molecular flexibility index (Phi) is 5.97. The SMILES string of the molecule is CSC(C)CNC(c1ccc(O)cc1)c1ccc(Cl)cc1. The van der Waals surface area contributed by atoms with Gasteiger partial charge in [-0.3, -0.25) is 0 Å². The first-order valence-corrected chi connectivity index (χ1v) is 8.57. The maximum atomic E-state index is 9.46. The molecule has 2 rings (SSSR count). The molecule has 0 heterocycles. The zero-order valence-electron chi connectivity index (χ0n) is 12.2. The molecule has 0 spiro atoms. The zero-order valence-corrected chi connectivity index (χ0v) is 13.8. The fraction of sp³-hybridized carbons (Fsp3) is 0.294. The number of phenols is 1. The molecule has 2 aromatic rings. The summed E-state index contributed by atoms with van der Waals surface area (Å²) in [5.74, 6) is 0.283.